The monoisotopic (exact) mass is 210 g/mol. The number of rotatable bonds is 2. The largest absolute Gasteiger partial charge is 0.384 e. The van der Waals surface area contributed by atoms with Gasteiger partial charge in [-0.15, -0.1) is 0 Å². The van der Waals surface area contributed by atoms with E-state index in [4.69, 9.17) is 17.3 Å². The molecule has 1 aliphatic rings. The number of hydrogen-bond donors (Lipinski definition) is 2. The molecule has 1 aromatic carbocycles. The lowest BCUT2D eigenvalue weighted by molar-refractivity contribution is 0.686. The molecule has 0 fully saturated rings. The van der Waals surface area contributed by atoms with Gasteiger partial charge in [-0.1, -0.05) is 17.7 Å². The molecule has 76 valence electrons. The summed E-state index contributed by atoms with van der Waals surface area (Å²) in [6.45, 7) is 3.79. The number of benzene rings is 1. The first-order chi connectivity index (χ1) is 6.74. The summed E-state index contributed by atoms with van der Waals surface area (Å²) in [5.41, 5.74) is 9.33. The van der Waals surface area contributed by atoms with Crippen molar-refractivity contribution in [3.05, 3.63) is 28.3 Å². The molecular weight excluding hydrogens is 196 g/mol. The predicted molar refractivity (Wildman–Crippen MR) is 61.1 cm³/mol. The Morgan fingerprint density at radius 1 is 1.57 bits per heavy atom. The highest BCUT2D eigenvalue weighted by atomic mass is 35.5. The molecule has 3 N–H and O–H groups in total. The zero-order valence-corrected chi connectivity index (χ0v) is 9.06. The third-order valence-corrected chi connectivity index (χ3v) is 3.32. The van der Waals surface area contributed by atoms with Crippen molar-refractivity contribution in [2.45, 2.75) is 19.3 Å². The molecule has 0 bridgehead atoms. The Bertz CT molecular complexity index is 349. The molecule has 0 aliphatic carbocycles. The van der Waals surface area contributed by atoms with Crippen LogP contribution in [0.4, 0.5) is 5.69 Å². The summed E-state index contributed by atoms with van der Waals surface area (Å²) in [6.07, 6.45) is 1.04. The second kappa shape index (κ2) is 3.79. The first kappa shape index (κ1) is 9.81. The molecule has 0 saturated heterocycles. The van der Waals surface area contributed by atoms with E-state index in [1.54, 1.807) is 0 Å². The maximum Gasteiger partial charge on any atom is 0.0455 e. The standard InChI is InChI=1S/C11H15ClN2/c1-7-10(12)3-2-9-8(4-5-13)6-14-11(7)9/h2-3,8,14H,4-6,13H2,1H3. The molecule has 0 radical (unpaired) electrons. The Balaban J connectivity index is 2.37. The number of halogens is 1. The molecule has 0 spiro atoms. The van der Waals surface area contributed by atoms with E-state index in [1.165, 1.54) is 11.3 Å². The fourth-order valence-corrected chi connectivity index (χ4v) is 2.23. The summed E-state index contributed by atoms with van der Waals surface area (Å²) in [6, 6.07) is 4.09. The van der Waals surface area contributed by atoms with Gasteiger partial charge < -0.3 is 11.1 Å². The summed E-state index contributed by atoms with van der Waals surface area (Å²) in [4.78, 5) is 0. The van der Waals surface area contributed by atoms with Crippen molar-refractivity contribution in [2.75, 3.05) is 18.4 Å². The third-order valence-electron chi connectivity index (χ3n) is 2.91. The van der Waals surface area contributed by atoms with Gasteiger partial charge in [0, 0.05) is 23.2 Å². The van der Waals surface area contributed by atoms with Crippen LogP contribution in [0.15, 0.2) is 12.1 Å². The normalized spacial score (nSPS) is 19.2. The lowest BCUT2D eigenvalue weighted by Crippen LogP contribution is -2.08. The number of hydrogen-bond acceptors (Lipinski definition) is 2. The van der Waals surface area contributed by atoms with Crippen LogP contribution >= 0.6 is 11.6 Å². The second-order valence-corrected chi connectivity index (χ2v) is 4.20. The maximum absolute atomic E-state index is 6.05. The molecule has 2 nitrogen and oxygen atoms in total. The Morgan fingerprint density at radius 3 is 3.07 bits per heavy atom. The van der Waals surface area contributed by atoms with Gasteiger partial charge in [0.1, 0.15) is 0 Å². The highest BCUT2D eigenvalue weighted by Crippen LogP contribution is 2.38. The van der Waals surface area contributed by atoms with Crippen LogP contribution in [0.5, 0.6) is 0 Å². The highest BCUT2D eigenvalue weighted by Gasteiger charge is 2.23. The van der Waals surface area contributed by atoms with Gasteiger partial charge in [-0.05, 0) is 37.1 Å². The molecule has 2 rings (SSSR count). The minimum atomic E-state index is 0.561. The number of anilines is 1. The van der Waals surface area contributed by atoms with Crippen molar-refractivity contribution in [3.63, 3.8) is 0 Å². The Morgan fingerprint density at radius 2 is 2.36 bits per heavy atom. The van der Waals surface area contributed by atoms with Gasteiger partial charge in [0.05, 0.1) is 0 Å². The van der Waals surface area contributed by atoms with E-state index < -0.39 is 0 Å². The topological polar surface area (TPSA) is 38.0 Å². The fourth-order valence-electron chi connectivity index (χ4n) is 2.08. The van der Waals surface area contributed by atoms with E-state index in [-0.39, 0.29) is 0 Å². The van der Waals surface area contributed by atoms with Crippen LogP contribution in [-0.2, 0) is 0 Å². The van der Waals surface area contributed by atoms with E-state index in [0.29, 0.717) is 5.92 Å². The van der Waals surface area contributed by atoms with Crippen LogP contribution in [-0.4, -0.2) is 13.1 Å². The van der Waals surface area contributed by atoms with Gasteiger partial charge in [-0.2, -0.15) is 0 Å². The van der Waals surface area contributed by atoms with E-state index in [0.717, 1.165) is 30.1 Å². The Labute approximate surface area is 89.4 Å². The highest BCUT2D eigenvalue weighted by molar-refractivity contribution is 6.31. The van der Waals surface area contributed by atoms with Crippen LogP contribution in [0.1, 0.15) is 23.5 Å². The molecule has 0 aromatic heterocycles. The molecule has 1 heterocycles. The summed E-state index contributed by atoms with van der Waals surface area (Å²) in [5.74, 6) is 0.561. The van der Waals surface area contributed by atoms with E-state index in [2.05, 4.69) is 18.3 Å². The first-order valence-corrected chi connectivity index (χ1v) is 5.34. The minimum Gasteiger partial charge on any atom is -0.384 e. The summed E-state index contributed by atoms with van der Waals surface area (Å²) in [7, 11) is 0. The van der Waals surface area contributed by atoms with Crippen molar-refractivity contribution in [3.8, 4) is 0 Å². The Hall–Kier alpha value is -0.730. The van der Waals surface area contributed by atoms with Crippen molar-refractivity contribution in [1.82, 2.24) is 0 Å². The van der Waals surface area contributed by atoms with Crippen LogP contribution < -0.4 is 11.1 Å². The average Bonchev–Trinajstić information content (AvgIpc) is 2.57. The van der Waals surface area contributed by atoms with Crippen molar-refractivity contribution < 1.29 is 0 Å². The SMILES string of the molecule is Cc1c(Cl)ccc2c1NCC2CCN. The number of nitrogens with one attached hydrogen (secondary N) is 1. The van der Waals surface area contributed by atoms with E-state index in [1.807, 2.05) is 6.07 Å². The quantitative estimate of drug-likeness (QED) is 0.787. The molecule has 14 heavy (non-hydrogen) atoms. The molecular formula is C11H15ClN2. The zero-order chi connectivity index (χ0) is 10.1. The van der Waals surface area contributed by atoms with Crippen LogP contribution in [0.25, 0.3) is 0 Å². The minimum absolute atomic E-state index is 0.561. The van der Waals surface area contributed by atoms with Crippen LogP contribution in [0.2, 0.25) is 5.02 Å². The van der Waals surface area contributed by atoms with Gasteiger partial charge in [-0.3, -0.25) is 0 Å². The van der Waals surface area contributed by atoms with Crippen LogP contribution in [0.3, 0.4) is 0 Å². The molecule has 1 aromatic rings. The molecule has 1 unspecified atom stereocenters. The third kappa shape index (κ3) is 1.49. The summed E-state index contributed by atoms with van der Waals surface area (Å²) in [5, 5.41) is 4.24. The Kier molecular flexibility index (Phi) is 2.66. The zero-order valence-electron chi connectivity index (χ0n) is 8.31. The van der Waals surface area contributed by atoms with Gasteiger partial charge in [0.25, 0.3) is 0 Å². The van der Waals surface area contributed by atoms with Gasteiger partial charge in [-0.25, -0.2) is 0 Å². The van der Waals surface area contributed by atoms with Gasteiger partial charge in [0.15, 0.2) is 0 Å². The molecule has 0 saturated carbocycles. The van der Waals surface area contributed by atoms with Crippen LogP contribution in [0, 0.1) is 6.92 Å². The van der Waals surface area contributed by atoms with E-state index >= 15 is 0 Å². The summed E-state index contributed by atoms with van der Waals surface area (Å²) < 4.78 is 0. The van der Waals surface area contributed by atoms with Crippen molar-refractivity contribution in [1.29, 1.82) is 0 Å². The van der Waals surface area contributed by atoms with Crippen molar-refractivity contribution in [2.24, 2.45) is 5.73 Å². The average molecular weight is 211 g/mol. The molecule has 1 atom stereocenters. The van der Waals surface area contributed by atoms with Crippen molar-refractivity contribution >= 4 is 17.3 Å². The molecule has 3 heteroatoms. The summed E-state index contributed by atoms with van der Waals surface area (Å²) >= 11 is 6.05. The fraction of sp³-hybridized carbons (Fsp3) is 0.455. The molecule has 1 aliphatic heterocycles. The predicted octanol–water partition coefficient (Wildman–Crippen LogP) is 2.51. The second-order valence-electron chi connectivity index (χ2n) is 3.79. The maximum atomic E-state index is 6.05. The number of nitrogens with two attached hydrogens (primary N) is 1. The van der Waals surface area contributed by atoms with E-state index in [9.17, 15) is 0 Å². The lowest BCUT2D eigenvalue weighted by atomic mass is 9.96. The smallest absolute Gasteiger partial charge is 0.0455 e. The number of fused-ring (bicyclic) bond motifs is 1. The first-order valence-electron chi connectivity index (χ1n) is 4.97. The van der Waals surface area contributed by atoms with Gasteiger partial charge >= 0.3 is 0 Å². The van der Waals surface area contributed by atoms with Gasteiger partial charge in [0.2, 0.25) is 0 Å². The molecule has 0 amide bonds. The lowest BCUT2D eigenvalue weighted by Gasteiger charge is -2.09.